The fourth-order valence-electron chi connectivity index (χ4n) is 1.99. The average Bonchev–Trinajstić information content (AvgIpc) is 2.93. The van der Waals surface area contributed by atoms with Crippen molar-refractivity contribution in [2.24, 2.45) is 0 Å². The van der Waals surface area contributed by atoms with Crippen molar-refractivity contribution < 1.29 is 18.7 Å². The van der Waals surface area contributed by atoms with Crippen LogP contribution in [0.3, 0.4) is 0 Å². The van der Waals surface area contributed by atoms with E-state index in [0.29, 0.717) is 22.2 Å². The van der Waals surface area contributed by atoms with Gasteiger partial charge in [0.15, 0.2) is 5.76 Å². The van der Waals surface area contributed by atoms with Crippen molar-refractivity contribution in [2.75, 3.05) is 26.0 Å². The normalized spacial score (nSPS) is 10.3. The number of nitrogens with one attached hydrogen (secondary N) is 1. The lowest BCUT2D eigenvalue weighted by Gasteiger charge is -2.16. The number of aryl methyl sites for hydroxylation is 1. The van der Waals surface area contributed by atoms with Gasteiger partial charge in [-0.25, -0.2) is 0 Å². The van der Waals surface area contributed by atoms with Crippen molar-refractivity contribution in [2.45, 2.75) is 6.92 Å². The van der Waals surface area contributed by atoms with Crippen LogP contribution in [-0.2, 0) is 4.79 Å². The molecule has 0 radical (unpaired) electrons. The summed E-state index contributed by atoms with van der Waals surface area (Å²) in [6.07, 6.45) is 0. The molecule has 2 rings (SSSR count). The lowest BCUT2D eigenvalue weighted by atomic mass is 10.3. The Morgan fingerprint density at radius 2 is 2.04 bits per heavy atom. The Labute approximate surface area is 139 Å². The van der Waals surface area contributed by atoms with E-state index in [1.165, 1.54) is 19.1 Å². The van der Waals surface area contributed by atoms with Crippen molar-refractivity contribution >= 4 is 29.1 Å². The molecule has 122 valence electrons. The van der Waals surface area contributed by atoms with Gasteiger partial charge in [0.2, 0.25) is 5.91 Å². The van der Waals surface area contributed by atoms with Crippen molar-refractivity contribution in [3.63, 3.8) is 0 Å². The first-order chi connectivity index (χ1) is 10.9. The summed E-state index contributed by atoms with van der Waals surface area (Å²) in [6, 6.07) is 8.16. The summed E-state index contributed by atoms with van der Waals surface area (Å²) >= 11 is 5.91. The van der Waals surface area contributed by atoms with Crippen molar-refractivity contribution in [3.8, 4) is 5.75 Å². The van der Waals surface area contributed by atoms with Gasteiger partial charge in [0.25, 0.3) is 5.91 Å². The molecular formula is C16H17ClN2O4. The number of anilines is 1. The molecule has 1 N–H and O–H groups in total. The highest BCUT2D eigenvalue weighted by Crippen LogP contribution is 2.27. The Kier molecular flexibility index (Phi) is 5.28. The maximum Gasteiger partial charge on any atom is 0.289 e. The zero-order valence-electron chi connectivity index (χ0n) is 13.1. The van der Waals surface area contributed by atoms with Crippen LogP contribution >= 0.6 is 11.6 Å². The highest BCUT2D eigenvalue weighted by molar-refractivity contribution is 6.31. The van der Waals surface area contributed by atoms with Gasteiger partial charge in [-0.15, -0.1) is 0 Å². The summed E-state index contributed by atoms with van der Waals surface area (Å²) in [5, 5.41) is 3.14. The number of hydrogen-bond acceptors (Lipinski definition) is 4. The molecule has 0 saturated carbocycles. The fraction of sp³-hybridized carbons (Fsp3) is 0.250. The SMILES string of the molecule is COc1ccc(Cl)cc1NC(=O)CN(C)C(=O)c1ccc(C)o1. The maximum atomic E-state index is 12.1. The third-order valence-electron chi connectivity index (χ3n) is 3.11. The highest BCUT2D eigenvalue weighted by atomic mass is 35.5. The van der Waals surface area contributed by atoms with Gasteiger partial charge in [-0.1, -0.05) is 11.6 Å². The Morgan fingerprint density at radius 3 is 2.65 bits per heavy atom. The first-order valence-electron chi connectivity index (χ1n) is 6.86. The molecule has 23 heavy (non-hydrogen) atoms. The number of halogens is 1. The molecule has 1 heterocycles. The molecule has 2 aromatic rings. The van der Waals surface area contributed by atoms with Crippen LogP contribution in [-0.4, -0.2) is 37.4 Å². The zero-order chi connectivity index (χ0) is 17.0. The number of methoxy groups -OCH3 is 1. The number of hydrogen-bond donors (Lipinski definition) is 1. The Morgan fingerprint density at radius 1 is 1.30 bits per heavy atom. The summed E-state index contributed by atoms with van der Waals surface area (Å²) < 4.78 is 10.4. The standard InChI is InChI=1S/C16H17ClN2O4/c1-10-4-6-14(23-10)16(21)19(2)9-15(20)18-12-8-11(17)5-7-13(12)22-3/h4-8H,9H2,1-3H3,(H,18,20). The van der Waals surface area contributed by atoms with E-state index in [4.69, 9.17) is 20.8 Å². The second-order valence-corrected chi connectivity index (χ2v) is 5.40. The van der Waals surface area contributed by atoms with Crippen molar-refractivity contribution in [3.05, 3.63) is 46.9 Å². The topological polar surface area (TPSA) is 71.8 Å². The van der Waals surface area contributed by atoms with Crippen LogP contribution in [0.1, 0.15) is 16.3 Å². The minimum absolute atomic E-state index is 0.131. The second kappa shape index (κ2) is 7.19. The molecule has 6 nitrogen and oxygen atoms in total. The minimum Gasteiger partial charge on any atom is -0.495 e. The molecule has 0 unspecified atom stereocenters. The van der Waals surface area contributed by atoms with Crippen LogP contribution in [0.2, 0.25) is 5.02 Å². The minimum atomic E-state index is -0.371. The van der Waals surface area contributed by atoms with Gasteiger partial charge < -0.3 is 19.4 Å². The number of likely N-dealkylation sites (N-methyl/N-ethyl adjacent to an activating group) is 1. The smallest absolute Gasteiger partial charge is 0.289 e. The van der Waals surface area contributed by atoms with Gasteiger partial charge in [-0.3, -0.25) is 9.59 Å². The number of carbonyl (C=O) groups excluding carboxylic acids is 2. The van der Waals surface area contributed by atoms with Crippen LogP contribution in [0.4, 0.5) is 5.69 Å². The van der Waals surface area contributed by atoms with Gasteiger partial charge in [0.1, 0.15) is 11.5 Å². The molecule has 0 atom stereocenters. The molecule has 2 amide bonds. The van der Waals surface area contributed by atoms with Gasteiger partial charge in [0.05, 0.1) is 19.3 Å². The molecule has 0 fully saturated rings. The molecule has 0 aliphatic carbocycles. The predicted molar refractivity (Wildman–Crippen MR) is 87.0 cm³/mol. The molecule has 7 heteroatoms. The number of amides is 2. The first kappa shape index (κ1) is 16.9. The Balaban J connectivity index is 2.02. The quantitative estimate of drug-likeness (QED) is 0.911. The summed E-state index contributed by atoms with van der Waals surface area (Å²) in [6.45, 7) is 1.61. The van der Waals surface area contributed by atoms with E-state index in [9.17, 15) is 9.59 Å². The van der Waals surface area contributed by atoms with E-state index in [2.05, 4.69) is 5.32 Å². The number of carbonyl (C=O) groups is 2. The second-order valence-electron chi connectivity index (χ2n) is 4.96. The number of ether oxygens (including phenoxy) is 1. The van der Waals surface area contributed by atoms with Crippen LogP contribution in [0, 0.1) is 6.92 Å². The van der Waals surface area contributed by atoms with Gasteiger partial charge >= 0.3 is 0 Å². The van der Waals surface area contributed by atoms with E-state index in [1.54, 1.807) is 37.3 Å². The molecule has 0 saturated heterocycles. The summed E-state index contributed by atoms with van der Waals surface area (Å²) in [7, 11) is 3.02. The third-order valence-corrected chi connectivity index (χ3v) is 3.35. The van der Waals surface area contributed by atoms with Crippen molar-refractivity contribution in [1.29, 1.82) is 0 Å². The number of nitrogens with zero attached hydrogens (tertiary/aromatic N) is 1. The largest absolute Gasteiger partial charge is 0.495 e. The van der Waals surface area contributed by atoms with Crippen molar-refractivity contribution in [1.82, 2.24) is 4.90 Å². The summed E-state index contributed by atoms with van der Waals surface area (Å²) in [5.41, 5.74) is 0.444. The molecule has 1 aromatic heterocycles. The molecule has 0 bridgehead atoms. The molecule has 0 aliphatic heterocycles. The van der Waals surface area contributed by atoms with Crippen LogP contribution in [0.5, 0.6) is 5.75 Å². The molecule has 0 spiro atoms. The predicted octanol–water partition coefficient (Wildman–Crippen LogP) is 2.96. The zero-order valence-corrected chi connectivity index (χ0v) is 13.8. The monoisotopic (exact) mass is 336 g/mol. The lowest BCUT2D eigenvalue weighted by Crippen LogP contribution is -2.34. The number of benzene rings is 1. The van der Waals surface area contributed by atoms with Gasteiger partial charge in [-0.05, 0) is 37.3 Å². The fourth-order valence-corrected chi connectivity index (χ4v) is 2.16. The number of furan rings is 1. The molecule has 0 aliphatic rings. The maximum absolute atomic E-state index is 12.1. The highest BCUT2D eigenvalue weighted by Gasteiger charge is 2.18. The number of rotatable bonds is 5. The van der Waals surface area contributed by atoms with E-state index in [0.717, 1.165) is 0 Å². The van der Waals surface area contributed by atoms with Gasteiger partial charge in [-0.2, -0.15) is 0 Å². The molecule has 1 aromatic carbocycles. The molecular weight excluding hydrogens is 320 g/mol. The summed E-state index contributed by atoms with van der Waals surface area (Å²) in [4.78, 5) is 25.5. The van der Waals surface area contributed by atoms with Crippen LogP contribution in [0.25, 0.3) is 0 Å². The summed E-state index contributed by atoms with van der Waals surface area (Å²) in [5.74, 6) is 0.572. The van der Waals surface area contributed by atoms with E-state index in [1.807, 2.05) is 0 Å². The first-order valence-corrected chi connectivity index (χ1v) is 7.24. The Bertz CT molecular complexity index is 727. The van der Waals surface area contributed by atoms with E-state index < -0.39 is 0 Å². The third kappa shape index (κ3) is 4.26. The lowest BCUT2D eigenvalue weighted by molar-refractivity contribution is -0.116. The van der Waals surface area contributed by atoms with Crippen LogP contribution in [0.15, 0.2) is 34.7 Å². The van der Waals surface area contributed by atoms with E-state index >= 15 is 0 Å². The Hall–Kier alpha value is -2.47. The van der Waals surface area contributed by atoms with Gasteiger partial charge in [0, 0.05) is 12.1 Å². The van der Waals surface area contributed by atoms with E-state index in [-0.39, 0.29) is 24.1 Å². The average molecular weight is 337 g/mol. The van der Waals surface area contributed by atoms with Crippen LogP contribution < -0.4 is 10.1 Å².